The molecular weight excluding hydrogens is 242 g/mol. The van der Waals surface area contributed by atoms with Gasteiger partial charge in [-0.2, -0.15) is 0 Å². The summed E-state index contributed by atoms with van der Waals surface area (Å²) in [5.74, 6) is 0. The standard InChI is InChI=1S/C14H23N3O2/c1-14(2,11-18)7-5-9-16-13(19)17-10-12-6-3-4-8-15-12/h3-4,6,8,18H,5,7,9-11H2,1-2H3,(H2,16,17,19). The average molecular weight is 265 g/mol. The van der Waals surface area contributed by atoms with Gasteiger partial charge in [0, 0.05) is 19.3 Å². The quantitative estimate of drug-likeness (QED) is 0.657. The molecule has 1 heterocycles. The van der Waals surface area contributed by atoms with Gasteiger partial charge in [0.2, 0.25) is 0 Å². The highest BCUT2D eigenvalue weighted by Crippen LogP contribution is 2.20. The number of nitrogens with zero attached hydrogens (tertiary/aromatic N) is 1. The Labute approximate surface area is 114 Å². The Kier molecular flexibility index (Phi) is 6.29. The third-order valence-corrected chi connectivity index (χ3v) is 2.90. The van der Waals surface area contributed by atoms with Gasteiger partial charge in [-0.3, -0.25) is 4.98 Å². The predicted octanol–water partition coefficient (Wildman–Crippen LogP) is 1.68. The number of rotatable bonds is 7. The summed E-state index contributed by atoms with van der Waals surface area (Å²) in [6, 6.07) is 5.41. The number of aliphatic hydroxyl groups is 1. The van der Waals surface area contributed by atoms with E-state index in [1.165, 1.54) is 0 Å². The van der Waals surface area contributed by atoms with E-state index in [0.29, 0.717) is 13.1 Å². The van der Waals surface area contributed by atoms with Crippen molar-refractivity contribution in [3.05, 3.63) is 30.1 Å². The molecule has 0 aliphatic heterocycles. The first-order valence-corrected chi connectivity index (χ1v) is 6.56. The molecule has 5 heteroatoms. The van der Waals surface area contributed by atoms with Gasteiger partial charge in [-0.1, -0.05) is 19.9 Å². The maximum atomic E-state index is 11.5. The van der Waals surface area contributed by atoms with Crippen molar-refractivity contribution >= 4 is 6.03 Å². The van der Waals surface area contributed by atoms with Gasteiger partial charge in [0.1, 0.15) is 0 Å². The van der Waals surface area contributed by atoms with Gasteiger partial charge in [0.05, 0.1) is 12.2 Å². The van der Waals surface area contributed by atoms with E-state index in [4.69, 9.17) is 5.11 Å². The van der Waals surface area contributed by atoms with Crippen molar-refractivity contribution in [3.8, 4) is 0 Å². The lowest BCUT2D eigenvalue weighted by Crippen LogP contribution is -2.36. The second-order valence-electron chi connectivity index (χ2n) is 5.36. The van der Waals surface area contributed by atoms with Gasteiger partial charge in [0.15, 0.2) is 0 Å². The predicted molar refractivity (Wildman–Crippen MR) is 74.6 cm³/mol. The normalized spacial score (nSPS) is 11.1. The second-order valence-corrected chi connectivity index (χ2v) is 5.36. The number of aliphatic hydroxyl groups excluding tert-OH is 1. The van der Waals surface area contributed by atoms with Crippen molar-refractivity contribution in [2.45, 2.75) is 33.2 Å². The molecule has 0 aliphatic rings. The molecule has 0 saturated heterocycles. The average Bonchev–Trinajstić information content (AvgIpc) is 2.42. The van der Waals surface area contributed by atoms with Crippen LogP contribution in [0.1, 0.15) is 32.4 Å². The molecule has 3 N–H and O–H groups in total. The molecule has 0 aromatic carbocycles. The summed E-state index contributed by atoms with van der Waals surface area (Å²) in [5, 5.41) is 14.6. The Morgan fingerprint density at radius 2 is 2.16 bits per heavy atom. The van der Waals surface area contributed by atoms with Gasteiger partial charge in [-0.05, 0) is 30.4 Å². The highest BCUT2D eigenvalue weighted by molar-refractivity contribution is 5.73. The lowest BCUT2D eigenvalue weighted by atomic mass is 9.89. The van der Waals surface area contributed by atoms with E-state index in [1.807, 2.05) is 32.0 Å². The number of amides is 2. The SMILES string of the molecule is CC(C)(CO)CCCNC(=O)NCc1ccccn1. The number of hydrogen-bond acceptors (Lipinski definition) is 3. The summed E-state index contributed by atoms with van der Waals surface area (Å²) in [6.45, 7) is 5.22. The fourth-order valence-electron chi connectivity index (χ4n) is 1.58. The Balaban J connectivity index is 2.12. The minimum absolute atomic E-state index is 0.0773. The van der Waals surface area contributed by atoms with Crippen molar-refractivity contribution in [1.29, 1.82) is 0 Å². The molecule has 0 atom stereocenters. The minimum Gasteiger partial charge on any atom is -0.396 e. The molecule has 0 radical (unpaired) electrons. The highest BCUT2D eigenvalue weighted by atomic mass is 16.3. The first kappa shape index (κ1) is 15.4. The van der Waals surface area contributed by atoms with Gasteiger partial charge < -0.3 is 15.7 Å². The van der Waals surface area contributed by atoms with Gasteiger partial charge in [-0.25, -0.2) is 4.79 Å². The highest BCUT2D eigenvalue weighted by Gasteiger charge is 2.15. The molecule has 1 aromatic heterocycles. The van der Waals surface area contributed by atoms with E-state index in [2.05, 4.69) is 15.6 Å². The summed E-state index contributed by atoms with van der Waals surface area (Å²) >= 11 is 0. The Morgan fingerprint density at radius 3 is 2.79 bits per heavy atom. The molecule has 0 unspecified atom stereocenters. The van der Waals surface area contributed by atoms with E-state index in [1.54, 1.807) is 6.20 Å². The second kappa shape index (κ2) is 7.74. The van der Waals surface area contributed by atoms with Crippen LogP contribution in [0.25, 0.3) is 0 Å². The minimum atomic E-state index is -0.188. The fourth-order valence-corrected chi connectivity index (χ4v) is 1.58. The molecule has 2 amide bonds. The van der Waals surface area contributed by atoms with Crippen LogP contribution in [-0.4, -0.2) is 29.3 Å². The lowest BCUT2D eigenvalue weighted by molar-refractivity contribution is 0.148. The van der Waals surface area contributed by atoms with Crippen LogP contribution in [0.2, 0.25) is 0 Å². The smallest absolute Gasteiger partial charge is 0.315 e. The van der Waals surface area contributed by atoms with Gasteiger partial charge >= 0.3 is 6.03 Å². The van der Waals surface area contributed by atoms with Crippen LogP contribution in [0.5, 0.6) is 0 Å². The van der Waals surface area contributed by atoms with Crippen LogP contribution in [0.3, 0.4) is 0 Å². The molecule has 1 rings (SSSR count). The number of carbonyl (C=O) groups is 1. The maximum absolute atomic E-state index is 11.5. The van der Waals surface area contributed by atoms with Crippen LogP contribution >= 0.6 is 0 Å². The van der Waals surface area contributed by atoms with Crippen molar-refractivity contribution in [1.82, 2.24) is 15.6 Å². The number of urea groups is 1. The molecule has 0 spiro atoms. The summed E-state index contributed by atoms with van der Waals surface area (Å²) in [4.78, 5) is 15.6. The Morgan fingerprint density at radius 1 is 1.37 bits per heavy atom. The Bertz CT molecular complexity index is 380. The van der Waals surface area contributed by atoms with Crippen molar-refractivity contribution in [2.24, 2.45) is 5.41 Å². The summed E-state index contributed by atoms with van der Waals surface area (Å²) in [7, 11) is 0. The number of hydrogen-bond donors (Lipinski definition) is 3. The fraction of sp³-hybridized carbons (Fsp3) is 0.571. The summed E-state index contributed by atoms with van der Waals surface area (Å²) in [6.07, 6.45) is 3.43. The van der Waals surface area contributed by atoms with Crippen LogP contribution in [0.4, 0.5) is 4.79 Å². The molecule has 0 saturated carbocycles. The zero-order chi connectivity index (χ0) is 14.1. The molecular formula is C14H23N3O2. The largest absolute Gasteiger partial charge is 0.396 e. The van der Waals surface area contributed by atoms with E-state index in [0.717, 1.165) is 18.5 Å². The van der Waals surface area contributed by atoms with Crippen LogP contribution < -0.4 is 10.6 Å². The van der Waals surface area contributed by atoms with Crippen LogP contribution in [0.15, 0.2) is 24.4 Å². The third-order valence-electron chi connectivity index (χ3n) is 2.90. The molecule has 0 bridgehead atoms. The van der Waals surface area contributed by atoms with E-state index in [-0.39, 0.29) is 18.1 Å². The molecule has 5 nitrogen and oxygen atoms in total. The van der Waals surface area contributed by atoms with Crippen molar-refractivity contribution < 1.29 is 9.90 Å². The molecule has 0 aliphatic carbocycles. The topological polar surface area (TPSA) is 74.2 Å². The van der Waals surface area contributed by atoms with Crippen molar-refractivity contribution in [3.63, 3.8) is 0 Å². The maximum Gasteiger partial charge on any atom is 0.315 e. The van der Waals surface area contributed by atoms with Crippen molar-refractivity contribution in [2.75, 3.05) is 13.2 Å². The Hall–Kier alpha value is -1.62. The third kappa shape index (κ3) is 6.76. The number of nitrogens with one attached hydrogen (secondary N) is 2. The molecule has 106 valence electrons. The summed E-state index contributed by atoms with van der Waals surface area (Å²) in [5.41, 5.74) is 0.755. The molecule has 1 aromatic rings. The number of carbonyl (C=O) groups excluding carboxylic acids is 1. The molecule has 19 heavy (non-hydrogen) atoms. The number of aromatic nitrogens is 1. The van der Waals surface area contributed by atoms with E-state index >= 15 is 0 Å². The van der Waals surface area contributed by atoms with E-state index < -0.39 is 0 Å². The first-order valence-electron chi connectivity index (χ1n) is 6.56. The van der Waals surface area contributed by atoms with Gasteiger partial charge in [0.25, 0.3) is 0 Å². The zero-order valence-electron chi connectivity index (χ0n) is 11.6. The van der Waals surface area contributed by atoms with E-state index in [9.17, 15) is 4.79 Å². The lowest BCUT2D eigenvalue weighted by Gasteiger charge is -2.21. The van der Waals surface area contributed by atoms with Crippen LogP contribution in [0, 0.1) is 5.41 Å². The number of pyridine rings is 1. The molecule has 0 fully saturated rings. The van der Waals surface area contributed by atoms with Gasteiger partial charge in [-0.15, -0.1) is 0 Å². The summed E-state index contributed by atoms with van der Waals surface area (Å²) < 4.78 is 0. The first-order chi connectivity index (χ1) is 9.03. The monoisotopic (exact) mass is 265 g/mol. The van der Waals surface area contributed by atoms with Crippen LogP contribution in [-0.2, 0) is 6.54 Å². The zero-order valence-corrected chi connectivity index (χ0v) is 11.6.